The van der Waals surface area contributed by atoms with Gasteiger partial charge in [0.1, 0.15) is 0 Å². The third-order valence-electron chi connectivity index (χ3n) is 8.52. The topological polar surface area (TPSA) is 50.2 Å². The molecule has 4 heteroatoms. The van der Waals surface area contributed by atoms with E-state index in [2.05, 4.69) is 77.8 Å². The van der Waals surface area contributed by atoms with Gasteiger partial charge in [-0.05, 0) is 82.4 Å². The molecular formula is C43H50IrNO2-. The molecule has 249 valence electrons. The van der Waals surface area contributed by atoms with Gasteiger partial charge in [0.25, 0.3) is 0 Å². The van der Waals surface area contributed by atoms with E-state index in [1.807, 2.05) is 60.6 Å². The van der Waals surface area contributed by atoms with E-state index in [0.29, 0.717) is 5.56 Å². The van der Waals surface area contributed by atoms with Crippen LogP contribution in [0.25, 0.3) is 43.9 Å². The second-order valence-electron chi connectivity index (χ2n) is 13.0. The van der Waals surface area contributed by atoms with Crippen LogP contribution < -0.4 is 0 Å². The molecule has 5 aromatic rings. The number of allylic oxidation sites excluding steroid dienone is 2. The van der Waals surface area contributed by atoms with E-state index in [1.165, 1.54) is 33.2 Å². The molecule has 0 spiro atoms. The van der Waals surface area contributed by atoms with Gasteiger partial charge in [-0.2, -0.15) is 0 Å². The van der Waals surface area contributed by atoms with E-state index in [1.54, 1.807) is 12.3 Å². The van der Waals surface area contributed by atoms with E-state index in [4.69, 9.17) is 2.74 Å². The summed E-state index contributed by atoms with van der Waals surface area (Å²) in [5.74, 6) is 0.547. The molecular weight excluding hydrogens is 755 g/mol. The van der Waals surface area contributed by atoms with Crippen LogP contribution in [0.2, 0.25) is 0 Å². The first kappa shape index (κ1) is 34.7. The van der Waals surface area contributed by atoms with E-state index in [9.17, 15) is 9.90 Å². The van der Waals surface area contributed by atoms with Crippen LogP contribution in [0.15, 0.2) is 103 Å². The molecule has 0 bridgehead atoms. The maximum absolute atomic E-state index is 11.7. The number of ketones is 1. The zero-order chi connectivity index (χ0) is 35.1. The van der Waals surface area contributed by atoms with Gasteiger partial charge >= 0.3 is 0 Å². The molecule has 5 rings (SSSR count). The zero-order valence-electron chi connectivity index (χ0n) is 30.9. The zero-order valence-corrected chi connectivity index (χ0v) is 31.3. The Morgan fingerprint density at radius 1 is 0.851 bits per heavy atom. The van der Waals surface area contributed by atoms with Crippen molar-refractivity contribution in [3.05, 3.63) is 115 Å². The van der Waals surface area contributed by atoms with Crippen molar-refractivity contribution in [3.63, 3.8) is 0 Å². The Balaban J connectivity index is 0.000000347. The third kappa shape index (κ3) is 9.95. The van der Waals surface area contributed by atoms with Crippen LogP contribution in [0, 0.1) is 23.3 Å². The second-order valence-corrected chi connectivity index (χ2v) is 13.0. The van der Waals surface area contributed by atoms with Crippen molar-refractivity contribution in [1.82, 2.24) is 4.98 Å². The molecule has 47 heavy (non-hydrogen) atoms. The molecule has 0 saturated carbocycles. The Kier molecular flexibility index (Phi) is 13.0. The molecule has 4 aromatic carbocycles. The van der Waals surface area contributed by atoms with E-state index in [-0.39, 0.29) is 43.5 Å². The van der Waals surface area contributed by atoms with Crippen molar-refractivity contribution in [3.8, 4) is 22.4 Å². The summed E-state index contributed by atoms with van der Waals surface area (Å²) in [5, 5.41) is 14.7. The van der Waals surface area contributed by atoms with Crippen molar-refractivity contribution in [2.24, 2.45) is 17.3 Å². The number of hydrogen-bond acceptors (Lipinski definition) is 3. The van der Waals surface area contributed by atoms with Crippen LogP contribution in [-0.2, 0) is 31.3 Å². The molecule has 0 fully saturated rings. The van der Waals surface area contributed by atoms with E-state index in [0.717, 1.165) is 42.5 Å². The van der Waals surface area contributed by atoms with Crippen molar-refractivity contribution in [1.29, 1.82) is 0 Å². The summed E-state index contributed by atoms with van der Waals surface area (Å²) in [5.41, 5.74) is 3.96. The number of carbonyl (C=O) groups is 1. The number of hydrogen-bond donors (Lipinski definition) is 1. The van der Waals surface area contributed by atoms with E-state index < -0.39 is 11.8 Å². The first-order valence-electron chi connectivity index (χ1n) is 17.7. The predicted molar refractivity (Wildman–Crippen MR) is 196 cm³/mol. The molecule has 0 amide bonds. The molecule has 0 atom stereocenters. The molecule has 0 saturated heterocycles. The van der Waals surface area contributed by atoms with Crippen LogP contribution in [0.4, 0.5) is 0 Å². The fraction of sp³-hybridized carbons (Fsp3) is 0.349. The molecule has 0 aliphatic carbocycles. The molecule has 1 aromatic heterocycles. The number of aromatic nitrogens is 1. The number of carbonyl (C=O) groups excluding carboxylic acids is 1. The molecule has 0 aliphatic heterocycles. The summed E-state index contributed by atoms with van der Waals surface area (Å²) >= 11 is 0. The summed E-state index contributed by atoms with van der Waals surface area (Å²) < 4.78 is 17.3. The summed E-state index contributed by atoms with van der Waals surface area (Å²) in [7, 11) is 0. The minimum Gasteiger partial charge on any atom is -0.512 e. The van der Waals surface area contributed by atoms with Gasteiger partial charge in [0.15, 0.2) is 5.78 Å². The van der Waals surface area contributed by atoms with Gasteiger partial charge in [-0.15, -0.1) is 35.4 Å². The van der Waals surface area contributed by atoms with Gasteiger partial charge in [0, 0.05) is 47.0 Å². The van der Waals surface area contributed by atoms with Crippen molar-refractivity contribution in [2.45, 2.75) is 80.5 Å². The van der Waals surface area contributed by atoms with Gasteiger partial charge in [0.05, 0.1) is 5.76 Å². The van der Waals surface area contributed by atoms with Crippen LogP contribution in [0.1, 0.15) is 82.5 Å². The van der Waals surface area contributed by atoms with Gasteiger partial charge < -0.3 is 10.1 Å². The smallest absolute Gasteiger partial charge is 0.162 e. The maximum Gasteiger partial charge on any atom is 0.162 e. The molecule has 1 N–H and O–H groups in total. The minimum atomic E-state index is -1.48. The van der Waals surface area contributed by atoms with Crippen molar-refractivity contribution >= 4 is 27.3 Å². The number of aliphatic hydroxyl groups is 1. The number of pyridine rings is 1. The fourth-order valence-corrected chi connectivity index (χ4v) is 5.94. The van der Waals surface area contributed by atoms with E-state index >= 15 is 0 Å². The minimum absolute atomic E-state index is 0. The van der Waals surface area contributed by atoms with Crippen molar-refractivity contribution < 1.29 is 32.7 Å². The molecule has 1 radical (unpaired) electrons. The third-order valence-corrected chi connectivity index (χ3v) is 8.52. The largest absolute Gasteiger partial charge is 0.512 e. The van der Waals surface area contributed by atoms with Crippen molar-refractivity contribution in [2.75, 3.05) is 0 Å². The summed E-state index contributed by atoms with van der Waals surface area (Å²) in [6.45, 7) is 13.8. The quantitative estimate of drug-likeness (QED) is 0.0662. The van der Waals surface area contributed by atoms with Crippen LogP contribution in [0.3, 0.4) is 0 Å². The number of benzene rings is 4. The Hall–Kier alpha value is -3.59. The SMILES string of the molecule is CCC(CC)C(=O)/C=C(\O)C(CC)CC.[2H]C([2H])(c1ccnc(-c2[c-]ccc(-c3cc4ccccc4c4ccccc34)c2)c1)C(C)(C)C.[Ir]. The molecule has 1 heterocycles. The Labute approximate surface area is 298 Å². The fourth-order valence-electron chi connectivity index (χ4n) is 5.94. The van der Waals surface area contributed by atoms with Crippen LogP contribution >= 0.6 is 0 Å². The normalized spacial score (nSPS) is 12.7. The average Bonchev–Trinajstić information content (AvgIpc) is 3.09. The Bertz CT molecular complexity index is 1880. The standard InChI is InChI=1S/C30H26N.C13H24O2.Ir/c1-30(2,3)20-21-15-16-31-29(17-21)24-11-8-10-22(18-24)28-19-23-9-4-5-12-25(23)26-13-6-7-14-27(26)28;1-5-10(6-2)12(14)9-13(15)11(7-3)8-4;/h4-10,12-19H,20H2,1-3H3;9-11,14H,5-8H2,1-4H3;/q-1;;/b;12-9-;/i20D2;;. The van der Waals surface area contributed by atoms with Gasteiger partial charge in [0.2, 0.25) is 0 Å². The molecule has 0 unspecified atom stereocenters. The predicted octanol–water partition coefficient (Wildman–Crippen LogP) is 12.0. The monoisotopic (exact) mass is 807 g/mol. The summed E-state index contributed by atoms with van der Waals surface area (Å²) in [6.07, 6.45) is 5.13. The van der Waals surface area contributed by atoms with Gasteiger partial charge in [-0.1, -0.05) is 109 Å². The number of aliphatic hydroxyl groups excluding tert-OH is 1. The first-order valence-corrected chi connectivity index (χ1v) is 16.7. The Morgan fingerprint density at radius 3 is 2.11 bits per heavy atom. The molecule has 0 aliphatic rings. The molecule has 3 nitrogen and oxygen atoms in total. The number of fused-ring (bicyclic) bond motifs is 3. The Morgan fingerprint density at radius 2 is 1.47 bits per heavy atom. The maximum atomic E-state index is 11.7. The first-order chi connectivity index (χ1) is 22.9. The number of nitrogens with zero attached hydrogens (tertiary/aromatic N) is 1. The second kappa shape index (κ2) is 17.5. The summed E-state index contributed by atoms with van der Waals surface area (Å²) in [4.78, 5) is 16.3. The van der Waals surface area contributed by atoms with Gasteiger partial charge in [-0.3, -0.25) is 4.79 Å². The number of rotatable bonds is 10. The van der Waals surface area contributed by atoms with Crippen LogP contribution in [-0.4, -0.2) is 15.9 Å². The van der Waals surface area contributed by atoms with Gasteiger partial charge in [-0.25, -0.2) is 0 Å². The average molecular weight is 807 g/mol. The summed E-state index contributed by atoms with van der Waals surface area (Å²) in [6, 6.07) is 32.3. The van der Waals surface area contributed by atoms with Crippen LogP contribution in [0.5, 0.6) is 0 Å².